The molecule has 0 spiro atoms. The van der Waals surface area contributed by atoms with Crippen LogP contribution in [0.4, 0.5) is 26.3 Å². The number of carbonyl (C=O) groups is 3. The molecule has 4 aromatic rings. The number of pyridine rings is 2. The highest BCUT2D eigenvalue weighted by Crippen LogP contribution is 2.34. The topological polar surface area (TPSA) is 148 Å². The van der Waals surface area contributed by atoms with E-state index in [0.717, 1.165) is 59.7 Å². The lowest BCUT2D eigenvalue weighted by molar-refractivity contribution is -0.193. The lowest BCUT2D eigenvalue weighted by Gasteiger charge is -2.32. The number of carboxylic acids is 2. The molecule has 1 aliphatic rings. The Bertz CT molecular complexity index is 1630. The number of aryl methyl sites for hydroxylation is 1. The summed E-state index contributed by atoms with van der Waals surface area (Å²) in [4.78, 5) is 46.2. The van der Waals surface area contributed by atoms with Gasteiger partial charge in [0.05, 0.1) is 24.6 Å². The van der Waals surface area contributed by atoms with E-state index in [1.54, 1.807) is 31.6 Å². The maximum atomic E-state index is 12.8. The maximum absolute atomic E-state index is 12.8. The van der Waals surface area contributed by atoms with E-state index in [1.807, 2.05) is 47.1 Å². The number of alkyl halides is 6. The number of aromatic nitrogens is 4. The Balaban J connectivity index is 0.000000345. The van der Waals surface area contributed by atoms with Crippen molar-refractivity contribution in [2.45, 2.75) is 31.1 Å². The molecule has 4 heterocycles. The number of imidazole rings is 1. The Morgan fingerprint density at radius 2 is 1.41 bits per heavy atom. The number of carbonyl (C=O) groups excluding carboxylic acids is 1. The van der Waals surface area contributed by atoms with Crippen molar-refractivity contribution in [2.24, 2.45) is 7.05 Å². The fraction of sp³-hybridized carbons (Fsp3) is 0.310. The number of rotatable bonds is 4. The molecule has 0 saturated carbocycles. The smallest absolute Gasteiger partial charge is 0.490 e. The maximum Gasteiger partial charge on any atom is 0.490 e. The zero-order chi connectivity index (χ0) is 34.2. The van der Waals surface area contributed by atoms with Gasteiger partial charge in [-0.3, -0.25) is 14.8 Å². The monoisotopic (exact) mass is 655 g/mol. The van der Waals surface area contributed by atoms with Gasteiger partial charge >= 0.3 is 24.3 Å². The second-order valence-corrected chi connectivity index (χ2v) is 9.76. The van der Waals surface area contributed by atoms with Gasteiger partial charge < -0.3 is 24.4 Å². The first kappa shape index (κ1) is 35.3. The molecular weight excluding hydrogens is 628 g/mol. The van der Waals surface area contributed by atoms with Crippen LogP contribution in [0.3, 0.4) is 0 Å². The van der Waals surface area contributed by atoms with Gasteiger partial charge in [0.1, 0.15) is 11.3 Å². The van der Waals surface area contributed by atoms with Crippen molar-refractivity contribution in [2.75, 3.05) is 20.2 Å². The van der Waals surface area contributed by atoms with Crippen LogP contribution in [-0.4, -0.2) is 85.0 Å². The van der Waals surface area contributed by atoms with Gasteiger partial charge in [0.2, 0.25) is 0 Å². The Kier molecular flexibility index (Phi) is 11.3. The van der Waals surface area contributed by atoms with Gasteiger partial charge in [-0.2, -0.15) is 26.3 Å². The van der Waals surface area contributed by atoms with Gasteiger partial charge in [0.25, 0.3) is 5.91 Å². The molecule has 46 heavy (non-hydrogen) atoms. The van der Waals surface area contributed by atoms with Crippen LogP contribution in [0.25, 0.3) is 22.3 Å². The van der Waals surface area contributed by atoms with Crippen molar-refractivity contribution >= 4 is 28.9 Å². The fourth-order valence-electron chi connectivity index (χ4n) is 4.36. The summed E-state index contributed by atoms with van der Waals surface area (Å²) in [6.07, 6.45) is -3.25. The van der Waals surface area contributed by atoms with Gasteiger partial charge in [-0.05, 0) is 55.3 Å². The summed E-state index contributed by atoms with van der Waals surface area (Å²) in [7, 11) is 3.67. The Morgan fingerprint density at radius 1 is 0.891 bits per heavy atom. The molecular formula is C29H27F6N5O6. The third kappa shape index (κ3) is 9.15. The van der Waals surface area contributed by atoms with Crippen molar-refractivity contribution in [3.05, 3.63) is 72.4 Å². The molecule has 3 aromatic heterocycles. The van der Waals surface area contributed by atoms with Crippen LogP contribution >= 0.6 is 0 Å². The summed E-state index contributed by atoms with van der Waals surface area (Å²) in [6, 6.07) is 13.6. The van der Waals surface area contributed by atoms with Crippen LogP contribution in [0.5, 0.6) is 5.75 Å². The number of piperidine rings is 1. The first-order chi connectivity index (χ1) is 21.5. The molecule has 1 aliphatic heterocycles. The lowest BCUT2D eigenvalue weighted by atomic mass is 9.92. The highest BCUT2D eigenvalue weighted by molar-refractivity contribution is 5.94. The average molecular weight is 656 g/mol. The zero-order valence-electron chi connectivity index (χ0n) is 24.2. The number of amides is 1. The molecule has 0 atom stereocenters. The predicted octanol–water partition coefficient (Wildman–Crippen LogP) is 5.33. The second kappa shape index (κ2) is 14.7. The molecule has 0 aliphatic carbocycles. The average Bonchev–Trinajstić information content (AvgIpc) is 3.41. The van der Waals surface area contributed by atoms with Crippen LogP contribution in [0.2, 0.25) is 0 Å². The molecule has 0 radical (unpaired) electrons. The van der Waals surface area contributed by atoms with E-state index in [0.29, 0.717) is 11.5 Å². The predicted molar refractivity (Wildman–Crippen MR) is 150 cm³/mol. The van der Waals surface area contributed by atoms with E-state index < -0.39 is 24.3 Å². The fourth-order valence-corrected chi connectivity index (χ4v) is 4.36. The van der Waals surface area contributed by atoms with Gasteiger partial charge in [-0.25, -0.2) is 14.6 Å². The van der Waals surface area contributed by atoms with Crippen LogP contribution in [-0.2, 0) is 16.6 Å². The van der Waals surface area contributed by atoms with Gasteiger partial charge in [-0.15, -0.1) is 0 Å². The normalized spacial score (nSPS) is 13.6. The molecule has 1 aromatic carbocycles. The van der Waals surface area contributed by atoms with Crippen molar-refractivity contribution < 1.29 is 55.7 Å². The molecule has 17 heteroatoms. The third-order valence-electron chi connectivity index (χ3n) is 6.71. The van der Waals surface area contributed by atoms with E-state index in [-0.39, 0.29) is 5.91 Å². The van der Waals surface area contributed by atoms with Crippen molar-refractivity contribution in [3.8, 4) is 17.0 Å². The van der Waals surface area contributed by atoms with Crippen molar-refractivity contribution in [1.29, 1.82) is 0 Å². The SMILES string of the molecule is COc1ccc(-c2nc(C3CCN(C(=O)c4ccncc4)CC3)cc3c2ncn3C)cc1.O=C(O)C(F)(F)F.O=C(O)C(F)(F)F. The van der Waals surface area contributed by atoms with Crippen LogP contribution in [0, 0.1) is 0 Å². The van der Waals surface area contributed by atoms with Gasteiger partial charge in [-0.1, -0.05) is 0 Å². The number of hydrogen-bond acceptors (Lipinski definition) is 7. The number of aliphatic carboxylic acids is 2. The molecule has 1 amide bonds. The summed E-state index contributed by atoms with van der Waals surface area (Å²) in [5.74, 6) is -4.33. The highest BCUT2D eigenvalue weighted by Gasteiger charge is 2.39. The number of hydrogen-bond donors (Lipinski definition) is 2. The highest BCUT2D eigenvalue weighted by atomic mass is 19.4. The molecule has 1 saturated heterocycles. The Hall–Kier alpha value is -5.22. The summed E-state index contributed by atoms with van der Waals surface area (Å²) in [5.41, 5.74) is 5.61. The number of likely N-dealkylation sites (tertiary alicyclic amines) is 1. The number of fused-ring (bicyclic) bond motifs is 1. The lowest BCUT2D eigenvalue weighted by Crippen LogP contribution is -2.38. The van der Waals surface area contributed by atoms with Crippen LogP contribution < -0.4 is 4.74 Å². The van der Waals surface area contributed by atoms with E-state index in [1.165, 1.54) is 0 Å². The number of methoxy groups -OCH3 is 1. The van der Waals surface area contributed by atoms with Gasteiger partial charge in [0, 0.05) is 55.3 Å². The van der Waals surface area contributed by atoms with E-state index >= 15 is 0 Å². The largest absolute Gasteiger partial charge is 0.497 e. The minimum Gasteiger partial charge on any atom is -0.497 e. The number of benzene rings is 1. The molecule has 11 nitrogen and oxygen atoms in total. The van der Waals surface area contributed by atoms with Crippen LogP contribution in [0.15, 0.2) is 61.2 Å². The molecule has 2 N–H and O–H groups in total. The number of ether oxygens (including phenoxy) is 1. The summed E-state index contributed by atoms with van der Waals surface area (Å²) >= 11 is 0. The Labute approximate surface area is 257 Å². The van der Waals surface area contributed by atoms with E-state index in [2.05, 4.69) is 16.0 Å². The summed E-state index contributed by atoms with van der Waals surface area (Å²) in [6.45, 7) is 1.43. The quantitative estimate of drug-likeness (QED) is 0.279. The zero-order valence-corrected chi connectivity index (χ0v) is 24.2. The molecule has 246 valence electrons. The Morgan fingerprint density at radius 3 is 1.89 bits per heavy atom. The third-order valence-corrected chi connectivity index (χ3v) is 6.71. The van der Waals surface area contributed by atoms with Crippen molar-refractivity contribution in [3.63, 3.8) is 0 Å². The van der Waals surface area contributed by atoms with Crippen LogP contribution in [0.1, 0.15) is 34.8 Å². The number of carboxylic acid groups (broad SMARTS) is 2. The van der Waals surface area contributed by atoms with E-state index in [9.17, 15) is 31.1 Å². The van der Waals surface area contributed by atoms with Gasteiger partial charge in [0.15, 0.2) is 0 Å². The van der Waals surface area contributed by atoms with Crippen molar-refractivity contribution in [1.82, 2.24) is 24.4 Å². The summed E-state index contributed by atoms with van der Waals surface area (Å²) < 4.78 is 70.8. The minimum absolute atomic E-state index is 0.0693. The van der Waals surface area contributed by atoms with E-state index in [4.69, 9.17) is 29.5 Å². The number of halogens is 6. The molecule has 0 bridgehead atoms. The number of nitrogens with zero attached hydrogens (tertiary/aromatic N) is 5. The molecule has 1 fully saturated rings. The standard InChI is InChI=1S/C25H25N5O2.2C2HF3O2/c1-29-16-27-24-22(29)15-21(28-23(24)18-3-5-20(32-2)6-4-18)17-9-13-30(14-10-17)25(31)19-7-11-26-12-8-19;2*3-2(4,5)1(6)7/h3-8,11-12,15-17H,9-10,13-14H2,1-2H3;2*(H,6,7). The first-order valence-electron chi connectivity index (χ1n) is 13.3. The minimum atomic E-state index is -5.08. The summed E-state index contributed by atoms with van der Waals surface area (Å²) in [5, 5.41) is 14.2. The first-order valence-corrected chi connectivity index (χ1v) is 13.3. The second-order valence-electron chi connectivity index (χ2n) is 9.76. The molecule has 0 unspecified atom stereocenters. The molecule has 5 rings (SSSR count).